The van der Waals surface area contributed by atoms with E-state index in [0.29, 0.717) is 37.3 Å². The van der Waals surface area contributed by atoms with E-state index in [1.165, 1.54) is 6.20 Å². The normalized spacial score (nSPS) is 23.6. The van der Waals surface area contributed by atoms with E-state index in [2.05, 4.69) is 19.9 Å². The molecular formula is C20H27ClFN5O2. The third-order valence-electron chi connectivity index (χ3n) is 5.69. The molecule has 2 aromatic rings. The third kappa shape index (κ3) is 4.39. The number of β-amino-alcohol motifs (C(OH)–C–C–N with tert-alkyl or cyclic N) is 1. The zero-order chi connectivity index (χ0) is 20.8. The van der Waals surface area contributed by atoms with Gasteiger partial charge < -0.3 is 19.6 Å². The molecule has 9 heteroatoms. The third-order valence-corrected chi connectivity index (χ3v) is 5.96. The second kappa shape index (κ2) is 7.49. The highest BCUT2D eigenvalue weighted by Crippen LogP contribution is 2.46. The van der Waals surface area contributed by atoms with E-state index in [0.717, 1.165) is 25.8 Å². The molecule has 3 heterocycles. The zero-order valence-electron chi connectivity index (χ0n) is 17.1. The smallest absolute Gasteiger partial charge is 0.319 e. The molecule has 29 heavy (non-hydrogen) atoms. The minimum atomic E-state index is -0.835. The standard InChI is InChI=1S/C20H27ClFN5O2/c1-19(28)5-4-8-27(10-19)17-13-9-23-16(21)14(22)15(13)24-18(25-17)29-12-20(6-7-20)11-26(2)3/h9,28H,4-8,10-12H2,1-3H3. The van der Waals surface area contributed by atoms with Crippen LogP contribution in [-0.2, 0) is 0 Å². The van der Waals surface area contributed by atoms with Crippen LogP contribution in [0.15, 0.2) is 6.20 Å². The van der Waals surface area contributed by atoms with E-state index >= 15 is 0 Å². The number of hydrogen-bond acceptors (Lipinski definition) is 7. The van der Waals surface area contributed by atoms with Gasteiger partial charge >= 0.3 is 6.01 Å². The van der Waals surface area contributed by atoms with Crippen LogP contribution in [0, 0.1) is 11.2 Å². The second-order valence-electron chi connectivity index (χ2n) is 9.00. The summed E-state index contributed by atoms with van der Waals surface area (Å²) in [7, 11) is 4.08. The summed E-state index contributed by atoms with van der Waals surface area (Å²) in [5, 5.41) is 10.7. The highest BCUT2D eigenvalue weighted by molar-refractivity contribution is 6.30. The Morgan fingerprint density at radius 3 is 2.72 bits per heavy atom. The van der Waals surface area contributed by atoms with Crippen LogP contribution in [0.25, 0.3) is 10.9 Å². The maximum absolute atomic E-state index is 14.7. The van der Waals surface area contributed by atoms with Gasteiger partial charge in [-0.2, -0.15) is 9.97 Å². The lowest BCUT2D eigenvalue weighted by Crippen LogP contribution is -2.46. The molecule has 2 aromatic heterocycles. The molecule has 1 saturated heterocycles. The topological polar surface area (TPSA) is 74.6 Å². The summed E-state index contributed by atoms with van der Waals surface area (Å²) in [6.45, 7) is 4.30. The van der Waals surface area contributed by atoms with Crippen LogP contribution < -0.4 is 9.64 Å². The Morgan fingerprint density at radius 1 is 1.31 bits per heavy atom. The molecule has 1 N–H and O–H groups in total. The van der Waals surface area contributed by atoms with E-state index in [-0.39, 0.29) is 22.1 Å². The number of hydrogen-bond donors (Lipinski definition) is 1. The number of fused-ring (bicyclic) bond motifs is 1. The first-order valence-electron chi connectivity index (χ1n) is 9.95. The van der Waals surface area contributed by atoms with E-state index in [1.54, 1.807) is 6.92 Å². The van der Waals surface area contributed by atoms with Gasteiger partial charge in [0, 0.05) is 31.2 Å². The molecule has 0 radical (unpaired) electrons. The van der Waals surface area contributed by atoms with Crippen LogP contribution in [0.5, 0.6) is 6.01 Å². The van der Waals surface area contributed by atoms with Crippen molar-refractivity contribution in [3.8, 4) is 6.01 Å². The average molecular weight is 424 g/mol. The number of nitrogens with zero attached hydrogens (tertiary/aromatic N) is 5. The monoisotopic (exact) mass is 423 g/mol. The van der Waals surface area contributed by atoms with Crippen molar-refractivity contribution in [3.05, 3.63) is 17.2 Å². The summed E-state index contributed by atoms with van der Waals surface area (Å²) in [6.07, 6.45) is 5.18. The van der Waals surface area contributed by atoms with Gasteiger partial charge in [0.15, 0.2) is 11.0 Å². The first-order chi connectivity index (χ1) is 13.7. The molecule has 1 unspecified atom stereocenters. The van der Waals surface area contributed by atoms with Gasteiger partial charge in [-0.15, -0.1) is 0 Å². The lowest BCUT2D eigenvalue weighted by molar-refractivity contribution is 0.0447. The molecule has 1 atom stereocenters. The van der Waals surface area contributed by atoms with Gasteiger partial charge in [0.2, 0.25) is 0 Å². The number of anilines is 1. The van der Waals surface area contributed by atoms with Crippen molar-refractivity contribution in [2.75, 3.05) is 45.2 Å². The molecule has 7 nitrogen and oxygen atoms in total. The summed E-state index contributed by atoms with van der Waals surface area (Å²) < 4.78 is 20.7. The Kier molecular flexibility index (Phi) is 5.29. The summed E-state index contributed by atoms with van der Waals surface area (Å²) in [5.74, 6) is -0.165. The number of aliphatic hydroxyl groups is 1. The minimum absolute atomic E-state index is 0.0904. The average Bonchev–Trinajstić information content (AvgIpc) is 3.41. The quantitative estimate of drug-likeness (QED) is 0.716. The van der Waals surface area contributed by atoms with Gasteiger partial charge in [-0.3, -0.25) is 0 Å². The molecule has 2 aliphatic rings. The van der Waals surface area contributed by atoms with Crippen molar-refractivity contribution in [2.24, 2.45) is 5.41 Å². The first kappa shape index (κ1) is 20.5. The molecule has 1 aliphatic carbocycles. The summed E-state index contributed by atoms with van der Waals surface area (Å²) in [4.78, 5) is 16.9. The Balaban J connectivity index is 1.69. The fourth-order valence-corrected chi connectivity index (χ4v) is 4.26. The lowest BCUT2D eigenvalue weighted by Gasteiger charge is -2.37. The van der Waals surface area contributed by atoms with Crippen LogP contribution in [0.2, 0.25) is 5.15 Å². The Morgan fingerprint density at radius 2 is 2.07 bits per heavy atom. The number of piperidine rings is 1. The fourth-order valence-electron chi connectivity index (χ4n) is 4.12. The van der Waals surface area contributed by atoms with E-state index in [1.807, 2.05) is 19.0 Å². The van der Waals surface area contributed by atoms with Crippen molar-refractivity contribution < 1.29 is 14.2 Å². The largest absolute Gasteiger partial charge is 0.463 e. The number of halogens is 2. The van der Waals surface area contributed by atoms with Crippen molar-refractivity contribution in [2.45, 2.75) is 38.2 Å². The van der Waals surface area contributed by atoms with E-state index < -0.39 is 11.4 Å². The molecule has 1 aliphatic heterocycles. The van der Waals surface area contributed by atoms with Crippen LogP contribution >= 0.6 is 11.6 Å². The van der Waals surface area contributed by atoms with Crippen LogP contribution in [-0.4, -0.2) is 70.9 Å². The van der Waals surface area contributed by atoms with Crippen molar-refractivity contribution in [1.82, 2.24) is 19.9 Å². The Labute approximate surface area is 174 Å². The van der Waals surface area contributed by atoms with E-state index in [9.17, 15) is 9.50 Å². The fraction of sp³-hybridized carbons (Fsp3) is 0.650. The summed E-state index contributed by atoms with van der Waals surface area (Å²) in [6, 6.07) is 0.129. The maximum Gasteiger partial charge on any atom is 0.319 e. The molecule has 158 valence electrons. The van der Waals surface area contributed by atoms with Gasteiger partial charge in [0.25, 0.3) is 0 Å². The SMILES string of the molecule is CN(C)CC1(COc2nc(N3CCCC(C)(O)C3)c3cnc(Cl)c(F)c3n2)CC1. The summed E-state index contributed by atoms with van der Waals surface area (Å²) >= 11 is 5.89. The van der Waals surface area contributed by atoms with Gasteiger partial charge in [0.1, 0.15) is 11.3 Å². The molecule has 4 rings (SSSR count). The number of aromatic nitrogens is 3. The van der Waals surface area contributed by atoms with Crippen LogP contribution in [0.4, 0.5) is 10.2 Å². The number of rotatable bonds is 6. The van der Waals surface area contributed by atoms with Gasteiger partial charge in [-0.05, 0) is 46.7 Å². The molecular weight excluding hydrogens is 397 g/mol. The van der Waals surface area contributed by atoms with Crippen LogP contribution in [0.1, 0.15) is 32.6 Å². The molecule has 0 bridgehead atoms. The molecule has 1 saturated carbocycles. The number of ether oxygens (including phenoxy) is 1. The maximum atomic E-state index is 14.7. The second-order valence-corrected chi connectivity index (χ2v) is 9.36. The van der Waals surface area contributed by atoms with Gasteiger partial charge in [-0.1, -0.05) is 11.6 Å². The zero-order valence-corrected chi connectivity index (χ0v) is 17.8. The predicted octanol–water partition coefficient (Wildman–Crippen LogP) is 2.89. The number of pyridine rings is 1. The molecule has 2 fully saturated rings. The lowest BCUT2D eigenvalue weighted by atomic mass is 9.95. The highest BCUT2D eigenvalue weighted by Gasteiger charge is 2.44. The predicted molar refractivity (Wildman–Crippen MR) is 110 cm³/mol. The van der Waals surface area contributed by atoms with Crippen molar-refractivity contribution in [3.63, 3.8) is 0 Å². The van der Waals surface area contributed by atoms with Crippen molar-refractivity contribution in [1.29, 1.82) is 0 Å². The highest BCUT2D eigenvalue weighted by atomic mass is 35.5. The van der Waals surface area contributed by atoms with Crippen molar-refractivity contribution >= 4 is 28.3 Å². The Bertz CT molecular complexity index is 919. The van der Waals surface area contributed by atoms with E-state index in [4.69, 9.17) is 16.3 Å². The first-order valence-corrected chi connectivity index (χ1v) is 10.3. The molecule has 0 amide bonds. The Hall–Kier alpha value is -1.77. The molecule has 0 spiro atoms. The summed E-state index contributed by atoms with van der Waals surface area (Å²) in [5.41, 5.74) is -0.642. The minimum Gasteiger partial charge on any atom is -0.463 e. The van der Waals surface area contributed by atoms with Gasteiger partial charge in [-0.25, -0.2) is 9.37 Å². The van der Waals surface area contributed by atoms with Gasteiger partial charge in [0.05, 0.1) is 17.6 Å². The molecule has 0 aromatic carbocycles. The van der Waals surface area contributed by atoms with Crippen LogP contribution in [0.3, 0.4) is 0 Å².